The molecule has 0 amide bonds. The van der Waals surface area contributed by atoms with Gasteiger partial charge in [0.1, 0.15) is 11.9 Å². The van der Waals surface area contributed by atoms with Crippen LogP contribution in [0.1, 0.15) is 87.6 Å². The van der Waals surface area contributed by atoms with Gasteiger partial charge in [0.25, 0.3) is 0 Å². The summed E-state index contributed by atoms with van der Waals surface area (Å²) in [6.45, 7) is 4.02. The van der Waals surface area contributed by atoms with E-state index in [-0.39, 0.29) is 6.10 Å². The van der Waals surface area contributed by atoms with E-state index in [1.165, 1.54) is 25.7 Å². The fourth-order valence-electron chi connectivity index (χ4n) is 2.77. The van der Waals surface area contributed by atoms with E-state index in [0.717, 1.165) is 25.3 Å². The van der Waals surface area contributed by atoms with Gasteiger partial charge < -0.3 is 4.74 Å². The summed E-state index contributed by atoms with van der Waals surface area (Å²) < 4.78 is 56.9. The summed E-state index contributed by atoms with van der Waals surface area (Å²) >= 11 is 0. The van der Waals surface area contributed by atoms with Gasteiger partial charge in [0, 0.05) is 0 Å². The molecule has 148 valence electrons. The van der Waals surface area contributed by atoms with Crippen molar-refractivity contribution >= 4 is 5.97 Å². The second-order valence-electron chi connectivity index (χ2n) is 6.57. The Balaban J connectivity index is 2.52. The van der Waals surface area contributed by atoms with Crippen molar-refractivity contribution in [3.63, 3.8) is 0 Å². The Kier molecular flexibility index (Phi) is 9.66. The largest absolute Gasteiger partial charge is 0.459 e. The third-order valence-corrected chi connectivity index (χ3v) is 4.32. The van der Waals surface area contributed by atoms with Crippen molar-refractivity contribution in [2.45, 2.75) is 83.9 Å². The molecule has 6 heteroatoms. The Morgan fingerprint density at radius 3 is 2.19 bits per heavy atom. The lowest BCUT2D eigenvalue weighted by molar-refractivity contribution is -0.137. The Hall–Kier alpha value is -1.59. The highest BCUT2D eigenvalue weighted by molar-refractivity contribution is 5.89. The van der Waals surface area contributed by atoms with Crippen molar-refractivity contribution in [1.29, 1.82) is 0 Å². The maximum atomic E-state index is 13.4. The number of benzene rings is 1. The molecule has 1 unspecified atom stereocenters. The van der Waals surface area contributed by atoms with Crippen LogP contribution in [0.4, 0.5) is 17.6 Å². The van der Waals surface area contributed by atoms with Crippen LogP contribution in [0.25, 0.3) is 0 Å². The summed E-state index contributed by atoms with van der Waals surface area (Å²) in [5.41, 5.74) is -1.60. The highest BCUT2D eigenvalue weighted by Crippen LogP contribution is 2.30. The van der Waals surface area contributed by atoms with Crippen molar-refractivity contribution in [1.82, 2.24) is 0 Å². The van der Waals surface area contributed by atoms with Crippen LogP contribution in [-0.4, -0.2) is 12.1 Å². The molecule has 0 radical (unpaired) electrons. The first-order chi connectivity index (χ1) is 12.3. The number of esters is 1. The quantitative estimate of drug-likeness (QED) is 0.238. The second-order valence-corrected chi connectivity index (χ2v) is 6.57. The minimum Gasteiger partial charge on any atom is -0.459 e. The van der Waals surface area contributed by atoms with E-state index in [2.05, 4.69) is 6.92 Å². The average molecular weight is 376 g/mol. The minimum atomic E-state index is -4.71. The number of unbranched alkanes of at least 4 members (excludes halogenated alkanes) is 6. The second kappa shape index (κ2) is 11.2. The maximum Gasteiger partial charge on any atom is 0.416 e. The van der Waals surface area contributed by atoms with Gasteiger partial charge in [-0.1, -0.05) is 52.4 Å². The molecule has 0 aromatic heterocycles. The van der Waals surface area contributed by atoms with Crippen LogP contribution >= 0.6 is 0 Å². The van der Waals surface area contributed by atoms with E-state index >= 15 is 0 Å². The molecule has 0 heterocycles. The first-order valence-corrected chi connectivity index (χ1v) is 9.36. The van der Waals surface area contributed by atoms with Crippen molar-refractivity contribution in [3.8, 4) is 0 Å². The third-order valence-electron chi connectivity index (χ3n) is 4.32. The van der Waals surface area contributed by atoms with Crippen molar-refractivity contribution in [2.75, 3.05) is 0 Å². The molecular weight excluding hydrogens is 348 g/mol. The standard InChI is InChI=1S/C20H28F4O2/c1-3-5-6-7-8-9-10-11-18(4-2)26-19(25)15-12-16(20(22,23)24)14-17(21)13-15/h12-14,18H,3-11H2,1-2H3. The number of hydrogen-bond acceptors (Lipinski definition) is 2. The van der Waals surface area contributed by atoms with Crippen LogP contribution in [-0.2, 0) is 10.9 Å². The van der Waals surface area contributed by atoms with E-state index < -0.39 is 29.1 Å². The van der Waals surface area contributed by atoms with E-state index in [4.69, 9.17) is 4.74 Å². The van der Waals surface area contributed by atoms with Gasteiger partial charge in [-0.25, -0.2) is 9.18 Å². The highest BCUT2D eigenvalue weighted by Gasteiger charge is 2.32. The number of rotatable bonds is 11. The molecule has 0 saturated carbocycles. The lowest BCUT2D eigenvalue weighted by Crippen LogP contribution is -2.18. The van der Waals surface area contributed by atoms with E-state index in [1.54, 1.807) is 0 Å². The average Bonchev–Trinajstić information content (AvgIpc) is 2.58. The first kappa shape index (κ1) is 22.5. The molecule has 0 N–H and O–H groups in total. The number of hydrogen-bond donors (Lipinski definition) is 0. The van der Waals surface area contributed by atoms with Crippen molar-refractivity contribution in [3.05, 3.63) is 35.1 Å². The zero-order chi connectivity index (χ0) is 19.6. The molecule has 1 aromatic rings. The van der Waals surface area contributed by atoms with Crippen LogP contribution in [0.2, 0.25) is 0 Å². The number of carbonyl (C=O) groups excluding carboxylic acids is 1. The molecule has 0 aliphatic rings. The Morgan fingerprint density at radius 1 is 1.00 bits per heavy atom. The summed E-state index contributed by atoms with van der Waals surface area (Å²) in [6.07, 6.45) is 4.08. The van der Waals surface area contributed by atoms with Gasteiger partial charge >= 0.3 is 12.1 Å². The summed E-state index contributed by atoms with van der Waals surface area (Å²) in [5, 5.41) is 0. The molecule has 0 aliphatic heterocycles. The summed E-state index contributed by atoms with van der Waals surface area (Å²) in [6, 6.07) is 1.77. The highest BCUT2D eigenvalue weighted by atomic mass is 19.4. The smallest absolute Gasteiger partial charge is 0.416 e. The van der Waals surface area contributed by atoms with Crippen LogP contribution in [0.5, 0.6) is 0 Å². The predicted molar refractivity (Wildman–Crippen MR) is 93.5 cm³/mol. The molecular formula is C20H28F4O2. The molecule has 0 spiro atoms. The lowest BCUT2D eigenvalue weighted by atomic mass is 10.0. The van der Waals surface area contributed by atoms with Crippen LogP contribution < -0.4 is 0 Å². The van der Waals surface area contributed by atoms with E-state index in [0.29, 0.717) is 25.0 Å². The fraction of sp³-hybridized carbons (Fsp3) is 0.650. The molecule has 26 heavy (non-hydrogen) atoms. The summed E-state index contributed by atoms with van der Waals surface area (Å²) in [4.78, 5) is 12.1. The Labute approximate surface area is 152 Å². The maximum absolute atomic E-state index is 13.4. The number of carbonyl (C=O) groups is 1. The summed E-state index contributed by atoms with van der Waals surface area (Å²) in [7, 11) is 0. The monoisotopic (exact) mass is 376 g/mol. The Bertz CT molecular complexity index is 555. The fourth-order valence-corrected chi connectivity index (χ4v) is 2.77. The minimum absolute atomic E-state index is 0.365. The number of alkyl halides is 3. The number of halogens is 4. The van der Waals surface area contributed by atoms with Gasteiger partial charge in [0.2, 0.25) is 0 Å². The topological polar surface area (TPSA) is 26.3 Å². The SMILES string of the molecule is CCCCCCCCCC(CC)OC(=O)c1cc(F)cc(C(F)(F)F)c1. The van der Waals surface area contributed by atoms with E-state index in [9.17, 15) is 22.4 Å². The molecule has 2 nitrogen and oxygen atoms in total. The van der Waals surface area contributed by atoms with Crippen molar-refractivity contribution < 1.29 is 27.1 Å². The zero-order valence-electron chi connectivity index (χ0n) is 15.5. The van der Waals surface area contributed by atoms with Crippen LogP contribution in [0.15, 0.2) is 18.2 Å². The predicted octanol–water partition coefficient (Wildman–Crippen LogP) is 6.92. The molecule has 0 bridgehead atoms. The van der Waals surface area contributed by atoms with Gasteiger partial charge in [-0.05, 0) is 37.5 Å². The van der Waals surface area contributed by atoms with Gasteiger partial charge in [0.05, 0.1) is 11.1 Å². The molecule has 0 saturated heterocycles. The normalized spacial score (nSPS) is 12.8. The van der Waals surface area contributed by atoms with Crippen LogP contribution in [0.3, 0.4) is 0 Å². The van der Waals surface area contributed by atoms with E-state index in [1.807, 2.05) is 6.92 Å². The number of ether oxygens (including phenoxy) is 1. The van der Waals surface area contributed by atoms with Crippen LogP contribution in [0, 0.1) is 5.82 Å². The molecule has 1 aromatic carbocycles. The lowest BCUT2D eigenvalue weighted by Gasteiger charge is -2.17. The molecule has 0 aliphatic carbocycles. The van der Waals surface area contributed by atoms with Crippen molar-refractivity contribution in [2.24, 2.45) is 0 Å². The molecule has 1 atom stereocenters. The Morgan fingerprint density at radius 2 is 1.62 bits per heavy atom. The summed E-state index contributed by atoms with van der Waals surface area (Å²) in [5.74, 6) is -2.02. The molecule has 0 fully saturated rings. The molecule has 1 rings (SSSR count). The zero-order valence-corrected chi connectivity index (χ0v) is 15.5. The third kappa shape index (κ3) is 8.19. The van der Waals surface area contributed by atoms with Gasteiger partial charge in [-0.3, -0.25) is 0 Å². The first-order valence-electron chi connectivity index (χ1n) is 9.36. The van der Waals surface area contributed by atoms with Gasteiger partial charge in [0.15, 0.2) is 0 Å². The van der Waals surface area contributed by atoms with Gasteiger partial charge in [-0.2, -0.15) is 13.2 Å². The van der Waals surface area contributed by atoms with Gasteiger partial charge in [-0.15, -0.1) is 0 Å².